The minimum absolute atomic E-state index is 0.179. The van der Waals surface area contributed by atoms with E-state index in [0.29, 0.717) is 6.54 Å². The van der Waals surface area contributed by atoms with Crippen LogP contribution >= 0.6 is 0 Å². The highest BCUT2D eigenvalue weighted by atomic mass is 16.5. The second kappa shape index (κ2) is 11.6. The van der Waals surface area contributed by atoms with Crippen LogP contribution in [-0.4, -0.2) is 51.3 Å². The Kier molecular flexibility index (Phi) is 8.59. The van der Waals surface area contributed by atoms with Crippen molar-refractivity contribution in [2.45, 2.75) is 38.6 Å². The summed E-state index contributed by atoms with van der Waals surface area (Å²) < 4.78 is 5.68. The van der Waals surface area contributed by atoms with Gasteiger partial charge in [-0.05, 0) is 74.3 Å². The normalized spacial score (nSPS) is 14.8. The van der Waals surface area contributed by atoms with Gasteiger partial charge in [-0.1, -0.05) is 25.5 Å². The van der Waals surface area contributed by atoms with E-state index in [-0.39, 0.29) is 12.1 Å². The van der Waals surface area contributed by atoms with Gasteiger partial charge in [-0.3, -0.25) is 4.90 Å². The average molecular weight is 425 g/mol. The van der Waals surface area contributed by atoms with Crippen LogP contribution in [0.4, 0.5) is 16.2 Å². The molecule has 6 heteroatoms. The van der Waals surface area contributed by atoms with E-state index in [0.717, 1.165) is 44.0 Å². The van der Waals surface area contributed by atoms with Crippen LogP contribution in [0.3, 0.4) is 0 Å². The Hall–Kier alpha value is -2.73. The highest BCUT2D eigenvalue weighted by molar-refractivity contribution is 5.89. The Morgan fingerprint density at radius 1 is 1.06 bits per heavy atom. The van der Waals surface area contributed by atoms with Gasteiger partial charge in [0.15, 0.2) is 0 Å². The van der Waals surface area contributed by atoms with E-state index >= 15 is 0 Å². The number of urea groups is 1. The van der Waals surface area contributed by atoms with Crippen LogP contribution in [0.1, 0.15) is 44.2 Å². The fourth-order valence-electron chi connectivity index (χ4n) is 3.84. The molecule has 1 heterocycles. The van der Waals surface area contributed by atoms with Crippen LogP contribution in [0, 0.1) is 0 Å². The van der Waals surface area contributed by atoms with Crippen LogP contribution in [0.25, 0.3) is 0 Å². The standard InChI is InChI=1S/C25H36N4O2/c1-4-5-18-31-23-14-10-21(11-15-23)27-25(30)26-19-24(29-16-6-7-17-29)20-8-12-22(13-9-20)28(2)3/h8-15,24H,4-7,16-19H2,1-3H3,(H2,26,27,30). The van der Waals surface area contributed by atoms with Crippen LogP contribution in [-0.2, 0) is 0 Å². The number of anilines is 2. The molecule has 0 spiro atoms. The summed E-state index contributed by atoms with van der Waals surface area (Å²) >= 11 is 0. The van der Waals surface area contributed by atoms with Gasteiger partial charge in [0.1, 0.15) is 5.75 Å². The predicted molar refractivity (Wildman–Crippen MR) is 128 cm³/mol. The van der Waals surface area contributed by atoms with E-state index in [2.05, 4.69) is 51.6 Å². The smallest absolute Gasteiger partial charge is 0.319 e. The van der Waals surface area contributed by atoms with Crippen LogP contribution in [0.2, 0.25) is 0 Å². The summed E-state index contributed by atoms with van der Waals surface area (Å²) in [6, 6.07) is 16.2. The van der Waals surface area contributed by atoms with Crippen molar-refractivity contribution in [2.24, 2.45) is 0 Å². The van der Waals surface area contributed by atoms with Gasteiger partial charge in [0, 0.05) is 32.0 Å². The predicted octanol–water partition coefficient (Wildman–Crippen LogP) is 4.89. The van der Waals surface area contributed by atoms with E-state index < -0.39 is 0 Å². The first-order valence-electron chi connectivity index (χ1n) is 11.4. The number of hydrogen-bond donors (Lipinski definition) is 2. The second-order valence-electron chi connectivity index (χ2n) is 8.31. The number of hydrogen-bond acceptors (Lipinski definition) is 4. The van der Waals surface area contributed by atoms with E-state index in [1.54, 1.807) is 0 Å². The molecule has 2 aromatic rings. The van der Waals surface area contributed by atoms with Crippen molar-refractivity contribution < 1.29 is 9.53 Å². The van der Waals surface area contributed by atoms with Gasteiger partial charge < -0.3 is 20.3 Å². The molecule has 1 aliphatic heterocycles. The summed E-state index contributed by atoms with van der Waals surface area (Å²) in [5, 5.41) is 5.99. The number of likely N-dealkylation sites (tertiary alicyclic amines) is 1. The molecular formula is C25H36N4O2. The summed E-state index contributed by atoms with van der Waals surface area (Å²) in [5.74, 6) is 0.828. The third-order valence-corrected chi connectivity index (χ3v) is 5.71. The second-order valence-corrected chi connectivity index (χ2v) is 8.31. The molecule has 2 N–H and O–H groups in total. The molecule has 168 valence electrons. The molecular weight excluding hydrogens is 388 g/mol. The zero-order valence-corrected chi connectivity index (χ0v) is 19.1. The molecule has 0 radical (unpaired) electrons. The first-order chi connectivity index (χ1) is 15.1. The molecule has 1 aliphatic rings. The third-order valence-electron chi connectivity index (χ3n) is 5.71. The molecule has 0 aliphatic carbocycles. The molecule has 0 aromatic heterocycles. The van der Waals surface area contributed by atoms with Gasteiger partial charge in [-0.2, -0.15) is 0 Å². The van der Waals surface area contributed by atoms with Crippen molar-refractivity contribution in [2.75, 3.05) is 50.6 Å². The highest BCUT2D eigenvalue weighted by Crippen LogP contribution is 2.26. The molecule has 0 bridgehead atoms. The molecule has 3 rings (SSSR count). The Morgan fingerprint density at radius 3 is 2.35 bits per heavy atom. The number of carbonyl (C=O) groups is 1. The van der Waals surface area contributed by atoms with E-state index in [1.807, 2.05) is 38.4 Å². The fraction of sp³-hybridized carbons (Fsp3) is 0.480. The number of amides is 2. The lowest BCUT2D eigenvalue weighted by Crippen LogP contribution is -2.38. The van der Waals surface area contributed by atoms with Crippen LogP contribution in [0.15, 0.2) is 48.5 Å². The van der Waals surface area contributed by atoms with Crippen molar-refractivity contribution in [3.8, 4) is 5.75 Å². The lowest BCUT2D eigenvalue weighted by Gasteiger charge is -2.28. The zero-order valence-electron chi connectivity index (χ0n) is 19.1. The van der Waals surface area contributed by atoms with E-state index in [9.17, 15) is 4.79 Å². The number of nitrogens with zero attached hydrogens (tertiary/aromatic N) is 2. The third kappa shape index (κ3) is 6.89. The topological polar surface area (TPSA) is 56.8 Å². The van der Waals surface area contributed by atoms with Crippen molar-refractivity contribution in [1.82, 2.24) is 10.2 Å². The first kappa shape index (κ1) is 22.9. The lowest BCUT2D eigenvalue weighted by molar-refractivity contribution is 0.227. The highest BCUT2D eigenvalue weighted by Gasteiger charge is 2.24. The number of ether oxygens (including phenoxy) is 1. The molecule has 1 fully saturated rings. The summed E-state index contributed by atoms with van der Waals surface area (Å²) in [6.07, 6.45) is 4.58. The van der Waals surface area contributed by atoms with Crippen LogP contribution in [0.5, 0.6) is 5.75 Å². The zero-order chi connectivity index (χ0) is 22.1. The maximum absolute atomic E-state index is 12.5. The largest absolute Gasteiger partial charge is 0.494 e. The molecule has 2 amide bonds. The number of benzene rings is 2. The molecule has 1 atom stereocenters. The van der Waals surface area contributed by atoms with Gasteiger partial charge in [-0.25, -0.2) is 4.79 Å². The first-order valence-corrected chi connectivity index (χ1v) is 11.4. The number of carbonyl (C=O) groups excluding carboxylic acids is 1. The Balaban J connectivity index is 1.56. The molecule has 6 nitrogen and oxygen atoms in total. The van der Waals surface area contributed by atoms with Gasteiger partial charge in [0.2, 0.25) is 0 Å². The average Bonchev–Trinajstić information content (AvgIpc) is 3.30. The summed E-state index contributed by atoms with van der Waals surface area (Å²) in [6.45, 7) is 5.58. The van der Waals surface area contributed by atoms with Crippen molar-refractivity contribution in [3.05, 3.63) is 54.1 Å². The van der Waals surface area contributed by atoms with Crippen molar-refractivity contribution in [3.63, 3.8) is 0 Å². The summed E-state index contributed by atoms with van der Waals surface area (Å²) in [5.41, 5.74) is 3.17. The lowest BCUT2D eigenvalue weighted by atomic mass is 10.0. The Labute approximate surface area is 186 Å². The minimum atomic E-state index is -0.186. The summed E-state index contributed by atoms with van der Waals surface area (Å²) in [4.78, 5) is 17.1. The monoisotopic (exact) mass is 424 g/mol. The number of unbranched alkanes of at least 4 members (excludes halogenated alkanes) is 1. The molecule has 1 saturated heterocycles. The van der Waals surface area contributed by atoms with Gasteiger partial charge >= 0.3 is 6.03 Å². The Bertz CT molecular complexity index is 799. The number of rotatable bonds is 10. The van der Waals surface area contributed by atoms with E-state index in [1.165, 1.54) is 24.1 Å². The van der Waals surface area contributed by atoms with Crippen molar-refractivity contribution >= 4 is 17.4 Å². The Morgan fingerprint density at radius 2 is 1.74 bits per heavy atom. The van der Waals surface area contributed by atoms with Gasteiger partial charge in [-0.15, -0.1) is 0 Å². The fourth-order valence-corrected chi connectivity index (χ4v) is 3.84. The summed E-state index contributed by atoms with van der Waals surface area (Å²) in [7, 11) is 4.09. The SMILES string of the molecule is CCCCOc1ccc(NC(=O)NCC(c2ccc(N(C)C)cc2)N2CCCC2)cc1. The van der Waals surface area contributed by atoms with Gasteiger partial charge in [0.05, 0.1) is 12.6 Å². The molecule has 1 unspecified atom stereocenters. The van der Waals surface area contributed by atoms with Crippen molar-refractivity contribution in [1.29, 1.82) is 0 Å². The molecule has 2 aromatic carbocycles. The maximum Gasteiger partial charge on any atom is 0.319 e. The number of nitrogens with one attached hydrogen (secondary N) is 2. The molecule has 31 heavy (non-hydrogen) atoms. The maximum atomic E-state index is 12.5. The van der Waals surface area contributed by atoms with Gasteiger partial charge in [0.25, 0.3) is 0 Å². The van der Waals surface area contributed by atoms with E-state index in [4.69, 9.17) is 4.74 Å². The van der Waals surface area contributed by atoms with Crippen LogP contribution < -0.4 is 20.3 Å². The minimum Gasteiger partial charge on any atom is -0.494 e. The molecule has 0 saturated carbocycles. The quantitative estimate of drug-likeness (QED) is 0.533.